The van der Waals surface area contributed by atoms with Gasteiger partial charge in [0.15, 0.2) is 0 Å². The van der Waals surface area contributed by atoms with Crippen LogP contribution in [-0.4, -0.2) is 35.0 Å². The Morgan fingerprint density at radius 3 is 2.66 bits per heavy atom. The molecule has 0 atom stereocenters. The fourth-order valence-corrected chi connectivity index (χ4v) is 3.01. The zero-order chi connectivity index (χ0) is 20.9. The molecule has 0 aliphatic heterocycles. The van der Waals surface area contributed by atoms with Crippen LogP contribution >= 0.6 is 11.8 Å². The summed E-state index contributed by atoms with van der Waals surface area (Å²) in [5, 5.41) is -0.0473. The molecule has 29 heavy (non-hydrogen) atoms. The monoisotopic (exact) mass is 424 g/mol. The predicted octanol–water partition coefficient (Wildman–Crippen LogP) is 4.76. The highest BCUT2D eigenvalue weighted by atomic mass is 32.2. The minimum absolute atomic E-state index is 0.0411. The third kappa shape index (κ3) is 5.74. The van der Waals surface area contributed by atoms with E-state index in [0.717, 1.165) is 0 Å². The highest BCUT2D eigenvalue weighted by Crippen LogP contribution is 2.28. The van der Waals surface area contributed by atoms with Gasteiger partial charge in [-0.15, -0.1) is 0 Å². The van der Waals surface area contributed by atoms with Gasteiger partial charge in [0, 0.05) is 11.8 Å². The van der Waals surface area contributed by atoms with Crippen LogP contribution in [0.2, 0.25) is 0 Å². The van der Waals surface area contributed by atoms with Gasteiger partial charge in [-0.05, 0) is 36.4 Å². The summed E-state index contributed by atoms with van der Waals surface area (Å²) in [4.78, 5) is 20.4. The first-order valence-corrected chi connectivity index (χ1v) is 9.25. The molecule has 0 unspecified atom stereocenters. The van der Waals surface area contributed by atoms with Crippen molar-refractivity contribution < 1.29 is 31.9 Å². The van der Waals surface area contributed by atoms with Crippen molar-refractivity contribution in [2.45, 2.75) is 17.8 Å². The fourth-order valence-electron chi connectivity index (χ4n) is 2.27. The van der Waals surface area contributed by atoms with Crippen molar-refractivity contribution in [2.75, 3.05) is 12.9 Å². The number of halogens is 3. The summed E-state index contributed by atoms with van der Waals surface area (Å²) in [5.74, 6) is -0.929. The molecule has 0 aliphatic rings. The molecule has 3 rings (SSSR count). The Morgan fingerprint density at radius 1 is 1.21 bits per heavy atom. The number of alkyl halides is 3. The van der Waals surface area contributed by atoms with Crippen LogP contribution in [0.4, 0.5) is 13.2 Å². The van der Waals surface area contributed by atoms with Crippen molar-refractivity contribution >= 4 is 17.7 Å². The van der Waals surface area contributed by atoms with Crippen molar-refractivity contribution in [3.8, 4) is 17.2 Å². The van der Waals surface area contributed by atoms with Gasteiger partial charge in [-0.1, -0.05) is 11.8 Å². The second-order valence-electron chi connectivity index (χ2n) is 5.71. The van der Waals surface area contributed by atoms with Gasteiger partial charge in [0.25, 0.3) is 0 Å². The van der Waals surface area contributed by atoms with Crippen molar-refractivity contribution in [1.82, 2.24) is 9.97 Å². The summed E-state index contributed by atoms with van der Waals surface area (Å²) >= 11 is 0.427. The van der Waals surface area contributed by atoms with Gasteiger partial charge in [0.1, 0.15) is 29.3 Å². The standard InChI is InChI=1S/C19H15F3N2O4S/c1-26-14-6-4-12(5-7-14)16-24-13(9-27-16)10-28-18(25)15-3-2-8-23-17(15)29-11-19(20,21)22/h2-9H,10-11H2,1H3. The van der Waals surface area contributed by atoms with Crippen molar-refractivity contribution in [2.24, 2.45) is 0 Å². The first-order valence-electron chi connectivity index (χ1n) is 8.26. The van der Waals surface area contributed by atoms with Gasteiger partial charge in [0.2, 0.25) is 5.89 Å². The molecule has 0 N–H and O–H groups in total. The molecule has 10 heteroatoms. The lowest BCUT2D eigenvalue weighted by Crippen LogP contribution is -2.13. The van der Waals surface area contributed by atoms with Crippen molar-refractivity contribution in [3.05, 3.63) is 60.1 Å². The molecule has 1 aromatic carbocycles. The topological polar surface area (TPSA) is 74.5 Å². The van der Waals surface area contributed by atoms with Crippen LogP contribution in [-0.2, 0) is 11.3 Å². The molecule has 0 amide bonds. The van der Waals surface area contributed by atoms with Gasteiger partial charge in [-0.25, -0.2) is 14.8 Å². The van der Waals surface area contributed by atoms with E-state index in [2.05, 4.69) is 9.97 Å². The Bertz CT molecular complexity index is 974. The third-order valence-electron chi connectivity index (χ3n) is 3.60. The third-order valence-corrected chi connectivity index (χ3v) is 4.67. The number of benzene rings is 1. The molecule has 0 spiro atoms. The maximum atomic E-state index is 12.4. The maximum Gasteiger partial charge on any atom is 0.398 e. The number of methoxy groups -OCH3 is 1. The molecular weight excluding hydrogens is 409 g/mol. The van der Waals surface area contributed by atoms with Gasteiger partial charge >= 0.3 is 12.1 Å². The Kier molecular flexibility index (Phi) is 6.42. The number of ether oxygens (including phenoxy) is 2. The van der Waals surface area contributed by atoms with Gasteiger partial charge < -0.3 is 13.9 Å². The van der Waals surface area contributed by atoms with Crippen molar-refractivity contribution in [1.29, 1.82) is 0 Å². The Labute approximate surface area is 168 Å². The van der Waals surface area contributed by atoms with E-state index >= 15 is 0 Å². The van der Waals surface area contributed by atoms with Crippen LogP contribution in [0.25, 0.3) is 11.5 Å². The largest absolute Gasteiger partial charge is 0.497 e. The number of oxazole rings is 1. The Balaban J connectivity index is 1.63. The number of rotatable bonds is 7. The van der Waals surface area contributed by atoms with Crippen LogP contribution in [0.1, 0.15) is 16.1 Å². The number of hydrogen-bond donors (Lipinski definition) is 0. The number of pyridine rings is 1. The smallest absolute Gasteiger partial charge is 0.398 e. The molecule has 0 radical (unpaired) electrons. The van der Waals surface area contributed by atoms with E-state index in [9.17, 15) is 18.0 Å². The van der Waals surface area contributed by atoms with Crippen LogP contribution in [0.5, 0.6) is 5.75 Å². The average Bonchev–Trinajstić information content (AvgIpc) is 3.19. The van der Waals surface area contributed by atoms with E-state index in [0.29, 0.717) is 34.7 Å². The maximum absolute atomic E-state index is 12.4. The quantitative estimate of drug-likeness (QED) is 0.400. The van der Waals surface area contributed by atoms with E-state index in [1.54, 1.807) is 31.4 Å². The number of carbonyl (C=O) groups excluding carboxylic acids is 1. The number of hydrogen-bond acceptors (Lipinski definition) is 7. The molecule has 0 aliphatic carbocycles. The van der Waals surface area contributed by atoms with E-state index in [-0.39, 0.29) is 17.2 Å². The average molecular weight is 424 g/mol. The van der Waals surface area contributed by atoms with E-state index < -0.39 is 17.9 Å². The van der Waals surface area contributed by atoms with Gasteiger partial charge in [-0.2, -0.15) is 13.2 Å². The SMILES string of the molecule is COc1ccc(-c2nc(COC(=O)c3cccnc3SCC(F)(F)F)co2)cc1. The number of aromatic nitrogens is 2. The molecular formula is C19H15F3N2O4S. The first-order chi connectivity index (χ1) is 13.9. The van der Waals surface area contributed by atoms with E-state index in [1.807, 2.05) is 0 Å². The molecule has 152 valence electrons. The van der Waals surface area contributed by atoms with Crippen molar-refractivity contribution in [3.63, 3.8) is 0 Å². The molecule has 0 saturated heterocycles. The van der Waals surface area contributed by atoms with E-state index in [4.69, 9.17) is 13.9 Å². The van der Waals surface area contributed by atoms with Crippen LogP contribution in [0.15, 0.2) is 58.3 Å². The Morgan fingerprint density at radius 2 is 1.97 bits per heavy atom. The second kappa shape index (κ2) is 8.99. The van der Waals surface area contributed by atoms with Crippen LogP contribution in [0, 0.1) is 0 Å². The molecule has 0 saturated carbocycles. The molecule has 3 aromatic rings. The summed E-state index contributed by atoms with van der Waals surface area (Å²) in [6.45, 7) is -0.198. The lowest BCUT2D eigenvalue weighted by molar-refractivity contribution is -0.105. The van der Waals surface area contributed by atoms with Gasteiger partial charge in [-0.3, -0.25) is 0 Å². The predicted molar refractivity (Wildman–Crippen MR) is 98.6 cm³/mol. The second-order valence-corrected chi connectivity index (χ2v) is 6.67. The zero-order valence-electron chi connectivity index (χ0n) is 15.1. The lowest BCUT2D eigenvalue weighted by Gasteiger charge is -2.09. The first kappa shape index (κ1) is 20.7. The number of nitrogens with zero attached hydrogens (tertiary/aromatic N) is 2. The summed E-state index contributed by atoms with van der Waals surface area (Å²) < 4.78 is 52.9. The Hall–Kier alpha value is -3.01. The number of thioether (sulfide) groups is 1. The summed E-state index contributed by atoms with van der Waals surface area (Å²) in [6.07, 6.45) is -1.72. The summed E-state index contributed by atoms with van der Waals surface area (Å²) in [5.41, 5.74) is 1.03. The molecule has 0 fully saturated rings. The molecule has 2 heterocycles. The van der Waals surface area contributed by atoms with Crippen LogP contribution < -0.4 is 4.74 Å². The highest BCUT2D eigenvalue weighted by molar-refractivity contribution is 7.99. The number of esters is 1. The number of carbonyl (C=O) groups is 1. The van der Waals surface area contributed by atoms with Crippen LogP contribution in [0.3, 0.4) is 0 Å². The highest BCUT2D eigenvalue weighted by Gasteiger charge is 2.29. The molecule has 6 nitrogen and oxygen atoms in total. The molecule has 0 bridgehead atoms. The molecule has 2 aromatic heterocycles. The summed E-state index contributed by atoms with van der Waals surface area (Å²) in [7, 11) is 1.56. The van der Waals surface area contributed by atoms with E-state index in [1.165, 1.54) is 24.6 Å². The summed E-state index contributed by atoms with van der Waals surface area (Å²) in [6, 6.07) is 9.84. The zero-order valence-corrected chi connectivity index (χ0v) is 15.9. The van der Waals surface area contributed by atoms with Gasteiger partial charge in [0.05, 0.1) is 18.4 Å². The minimum Gasteiger partial charge on any atom is -0.497 e. The lowest BCUT2D eigenvalue weighted by atomic mass is 10.2. The fraction of sp³-hybridized carbons (Fsp3) is 0.211. The minimum atomic E-state index is -4.37. The normalized spacial score (nSPS) is 11.3.